The average molecular weight is 342 g/mol. The number of anilines is 1. The fraction of sp³-hybridized carbons (Fsp3) is 0.188. The van der Waals surface area contributed by atoms with Gasteiger partial charge in [-0.25, -0.2) is 4.79 Å². The first-order chi connectivity index (χ1) is 11.9. The lowest BCUT2D eigenvalue weighted by Crippen LogP contribution is -2.34. The maximum atomic E-state index is 12.0. The second kappa shape index (κ2) is 7.74. The Labute approximate surface area is 141 Å². The van der Waals surface area contributed by atoms with E-state index >= 15 is 0 Å². The number of rotatable bonds is 5. The van der Waals surface area contributed by atoms with E-state index in [2.05, 4.69) is 5.32 Å². The molecule has 0 unspecified atom stereocenters. The Morgan fingerprint density at radius 1 is 1.28 bits per heavy atom. The number of nitrogens with one attached hydrogen (secondary N) is 2. The summed E-state index contributed by atoms with van der Waals surface area (Å²) in [6.07, 6.45) is 0.0609. The third-order valence-corrected chi connectivity index (χ3v) is 3.16. The molecule has 0 spiro atoms. The number of amides is 1. The third-order valence-electron chi connectivity index (χ3n) is 3.16. The fourth-order valence-corrected chi connectivity index (χ4v) is 1.87. The Bertz CT molecular complexity index is 936. The van der Waals surface area contributed by atoms with Crippen LogP contribution >= 0.6 is 0 Å². The Morgan fingerprint density at radius 2 is 1.96 bits per heavy atom. The molecule has 0 saturated carbocycles. The van der Waals surface area contributed by atoms with Crippen molar-refractivity contribution in [1.29, 1.82) is 5.26 Å². The summed E-state index contributed by atoms with van der Waals surface area (Å²) in [5.74, 6) is -1.37. The molecule has 1 aromatic heterocycles. The number of hydrogen-bond donors (Lipinski definition) is 2. The van der Waals surface area contributed by atoms with Gasteiger partial charge in [0.15, 0.2) is 6.10 Å². The Balaban J connectivity index is 1.93. The summed E-state index contributed by atoms with van der Waals surface area (Å²) >= 11 is 0. The van der Waals surface area contributed by atoms with Crippen molar-refractivity contribution in [2.24, 2.45) is 0 Å². The highest BCUT2D eigenvalue weighted by Crippen LogP contribution is 2.09. The second-order valence-corrected chi connectivity index (χ2v) is 5.05. The van der Waals surface area contributed by atoms with E-state index in [-0.39, 0.29) is 0 Å². The standard InChI is InChI=1S/C16H14N4O5/c1-10(15(23)18-12-4-2-11(8-17)3-5-12)25-14(22)9-20-7-6-13(21)19-16(20)24/h2-7,10H,9H2,1H3,(H,18,23)(H,19,21,24)/t10-/m1/s1. The molecule has 0 aliphatic heterocycles. The molecule has 128 valence electrons. The van der Waals surface area contributed by atoms with Crippen molar-refractivity contribution in [2.75, 3.05) is 5.32 Å². The largest absolute Gasteiger partial charge is 0.451 e. The van der Waals surface area contributed by atoms with E-state index in [0.717, 1.165) is 16.8 Å². The first kappa shape index (κ1) is 17.7. The van der Waals surface area contributed by atoms with Crippen LogP contribution in [-0.4, -0.2) is 27.5 Å². The molecular formula is C16H14N4O5. The number of aromatic nitrogens is 2. The minimum absolute atomic E-state index is 0.440. The third kappa shape index (κ3) is 4.90. The lowest BCUT2D eigenvalue weighted by molar-refractivity contribution is -0.153. The highest BCUT2D eigenvalue weighted by molar-refractivity contribution is 5.95. The molecule has 2 N–H and O–H groups in total. The number of hydrogen-bond acceptors (Lipinski definition) is 6. The summed E-state index contributed by atoms with van der Waals surface area (Å²) < 4.78 is 5.92. The van der Waals surface area contributed by atoms with Gasteiger partial charge >= 0.3 is 11.7 Å². The smallest absolute Gasteiger partial charge is 0.328 e. The summed E-state index contributed by atoms with van der Waals surface area (Å²) in [5, 5.41) is 11.3. The maximum Gasteiger partial charge on any atom is 0.328 e. The summed E-state index contributed by atoms with van der Waals surface area (Å²) in [6, 6.07) is 9.21. The van der Waals surface area contributed by atoms with Gasteiger partial charge in [-0.2, -0.15) is 5.26 Å². The number of nitrogens with zero attached hydrogens (tertiary/aromatic N) is 2. The molecule has 0 aliphatic rings. The van der Waals surface area contributed by atoms with Gasteiger partial charge in [0.2, 0.25) is 0 Å². The molecule has 2 rings (SSSR count). The van der Waals surface area contributed by atoms with Crippen molar-refractivity contribution in [3.8, 4) is 6.07 Å². The SMILES string of the molecule is C[C@@H](OC(=O)Cn1ccc(=O)[nH]c1=O)C(=O)Nc1ccc(C#N)cc1. The Hall–Kier alpha value is -3.67. The lowest BCUT2D eigenvalue weighted by Gasteiger charge is -2.14. The first-order valence-corrected chi connectivity index (χ1v) is 7.19. The topological polar surface area (TPSA) is 134 Å². The van der Waals surface area contributed by atoms with Crippen LogP contribution in [0.2, 0.25) is 0 Å². The quantitative estimate of drug-likeness (QED) is 0.733. The van der Waals surface area contributed by atoms with Crippen LogP contribution in [0.3, 0.4) is 0 Å². The summed E-state index contributed by atoms with van der Waals surface area (Å²) in [5.41, 5.74) is -0.434. The van der Waals surface area contributed by atoms with E-state index in [0.29, 0.717) is 11.3 Å². The summed E-state index contributed by atoms with van der Waals surface area (Å²) in [6.45, 7) is 0.941. The predicted octanol–water partition coefficient (Wildman–Crippen LogP) is -0.0213. The second-order valence-electron chi connectivity index (χ2n) is 5.05. The van der Waals surface area contributed by atoms with E-state index in [1.807, 2.05) is 11.1 Å². The molecule has 0 bridgehead atoms. The van der Waals surface area contributed by atoms with Gasteiger partial charge in [-0.3, -0.25) is 23.9 Å². The zero-order valence-electron chi connectivity index (χ0n) is 13.2. The number of carbonyl (C=O) groups is 2. The normalized spacial score (nSPS) is 11.2. The minimum Gasteiger partial charge on any atom is -0.451 e. The monoisotopic (exact) mass is 342 g/mol. The van der Waals surface area contributed by atoms with E-state index in [4.69, 9.17) is 10.00 Å². The number of benzene rings is 1. The molecule has 9 heteroatoms. The molecule has 1 heterocycles. The molecule has 1 amide bonds. The number of nitriles is 1. The van der Waals surface area contributed by atoms with Gasteiger partial charge in [0.05, 0.1) is 11.6 Å². The molecule has 1 atom stereocenters. The van der Waals surface area contributed by atoms with Crippen molar-refractivity contribution in [3.63, 3.8) is 0 Å². The van der Waals surface area contributed by atoms with Gasteiger partial charge in [-0.05, 0) is 31.2 Å². The molecule has 2 aromatic rings. The van der Waals surface area contributed by atoms with Crippen molar-refractivity contribution >= 4 is 17.6 Å². The Morgan fingerprint density at radius 3 is 2.56 bits per heavy atom. The lowest BCUT2D eigenvalue weighted by atomic mass is 10.2. The number of aromatic amines is 1. The van der Waals surface area contributed by atoms with Crippen LogP contribution in [0.25, 0.3) is 0 Å². The van der Waals surface area contributed by atoms with Gasteiger partial charge in [-0.15, -0.1) is 0 Å². The average Bonchev–Trinajstić information content (AvgIpc) is 2.58. The van der Waals surface area contributed by atoms with Crippen LogP contribution in [-0.2, 0) is 20.9 Å². The van der Waals surface area contributed by atoms with E-state index < -0.39 is 35.8 Å². The van der Waals surface area contributed by atoms with Crippen LogP contribution in [0.15, 0.2) is 46.1 Å². The van der Waals surface area contributed by atoms with E-state index in [1.165, 1.54) is 19.1 Å². The van der Waals surface area contributed by atoms with Crippen LogP contribution in [0.4, 0.5) is 5.69 Å². The number of H-pyrrole nitrogens is 1. The van der Waals surface area contributed by atoms with Gasteiger partial charge in [0.25, 0.3) is 11.5 Å². The fourth-order valence-electron chi connectivity index (χ4n) is 1.87. The van der Waals surface area contributed by atoms with Gasteiger partial charge in [0.1, 0.15) is 6.54 Å². The number of esters is 1. The Kier molecular flexibility index (Phi) is 5.47. The zero-order valence-corrected chi connectivity index (χ0v) is 13.2. The molecule has 25 heavy (non-hydrogen) atoms. The van der Waals surface area contributed by atoms with Crippen LogP contribution < -0.4 is 16.6 Å². The number of carbonyl (C=O) groups excluding carboxylic acids is 2. The molecular weight excluding hydrogens is 328 g/mol. The van der Waals surface area contributed by atoms with Crippen LogP contribution in [0.5, 0.6) is 0 Å². The van der Waals surface area contributed by atoms with Gasteiger partial charge in [0, 0.05) is 18.0 Å². The molecule has 0 fully saturated rings. The molecule has 0 aliphatic carbocycles. The molecule has 0 radical (unpaired) electrons. The number of ether oxygens (including phenoxy) is 1. The highest BCUT2D eigenvalue weighted by atomic mass is 16.5. The van der Waals surface area contributed by atoms with Crippen molar-refractivity contribution in [2.45, 2.75) is 19.6 Å². The molecule has 9 nitrogen and oxygen atoms in total. The predicted molar refractivity (Wildman–Crippen MR) is 86.7 cm³/mol. The van der Waals surface area contributed by atoms with Crippen LogP contribution in [0, 0.1) is 11.3 Å². The summed E-state index contributed by atoms with van der Waals surface area (Å²) in [7, 11) is 0. The highest BCUT2D eigenvalue weighted by Gasteiger charge is 2.18. The van der Waals surface area contributed by atoms with Crippen LogP contribution in [0.1, 0.15) is 12.5 Å². The molecule has 0 saturated heterocycles. The van der Waals surface area contributed by atoms with Crippen molar-refractivity contribution in [3.05, 3.63) is 62.9 Å². The van der Waals surface area contributed by atoms with Gasteiger partial charge in [-0.1, -0.05) is 0 Å². The van der Waals surface area contributed by atoms with Crippen molar-refractivity contribution < 1.29 is 14.3 Å². The van der Waals surface area contributed by atoms with Gasteiger partial charge < -0.3 is 10.1 Å². The minimum atomic E-state index is -1.10. The van der Waals surface area contributed by atoms with E-state index in [9.17, 15) is 19.2 Å². The summed E-state index contributed by atoms with van der Waals surface area (Å²) in [4.78, 5) is 48.3. The first-order valence-electron chi connectivity index (χ1n) is 7.19. The van der Waals surface area contributed by atoms with Crippen molar-refractivity contribution in [1.82, 2.24) is 9.55 Å². The maximum absolute atomic E-state index is 12.0. The zero-order chi connectivity index (χ0) is 18.4. The molecule has 1 aromatic carbocycles. The van der Waals surface area contributed by atoms with E-state index in [1.54, 1.807) is 12.1 Å².